The molecule has 1 aliphatic carbocycles. The average Bonchev–Trinajstić information content (AvgIpc) is 2.96. The zero-order valence-electron chi connectivity index (χ0n) is 12.9. The molecule has 4 heteroatoms. The van der Waals surface area contributed by atoms with Crippen LogP contribution >= 0.6 is 0 Å². The third kappa shape index (κ3) is 4.35. The summed E-state index contributed by atoms with van der Waals surface area (Å²) < 4.78 is 0. The van der Waals surface area contributed by atoms with E-state index >= 15 is 0 Å². The van der Waals surface area contributed by atoms with E-state index in [2.05, 4.69) is 17.1 Å². The van der Waals surface area contributed by atoms with Crippen LogP contribution in [0, 0.1) is 11.3 Å². The van der Waals surface area contributed by atoms with Gasteiger partial charge < -0.3 is 10.2 Å². The van der Waals surface area contributed by atoms with Crippen molar-refractivity contribution in [2.75, 3.05) is 13.1 Å². The Bertz CT molecular complexity index is 467. The molecule has 2 rings (SSSR count). The quantitative estimate of drug-likeness (QED) is 0.639. The highest BCUT2D eigenvalue weighted by atomic mass is 16.1. The van der Waals surface area contributed by atoms with Crippen molar-refractivity contribution in [3.8, 4) is 6.07 Å². The number of rotatable bonds is 4. The van der Waals surface area contributed by atoms with Crippen molar-refractivity contribution < 1.29 is 4.79 Å². The Balaban J connectivity index is 1.97. The summed E-state index contributed by atoms with van der Waals surface area (Å²) in [5.74, 6) is -0.220. The minimum Gasteiger partial charge on any atom is -0.375 e. The topological polar surface area (TPSA) is 56.1 Å². The third-order valence-corrected chi connectivity index (χ3v) is 4.40. The number of carbonyl (C=O) groups is 1. The molecule has 0 atom stereocenters. The van der Waals surface area contributed by atoms with Crippen molar-refractivity contribution in [3.05, 3.63) is 23.4 Å². The molecule has 2 aliphatic rings. The molecule has 1 N–H and O–H groups in total. The SMILES string of the molecule is CCN1CCCC1=CC=C(C#N)C(=O)NC1CCCCC1. The van der Waals surface area contributed by atoms with Gasteiger partial charge in [0.25, 0.3) is 5.91 Å². The maximum atomic E-state index is 12.2. The largest absolute Gasteiger partial charge is 0.375 e. The molecule has 1 saturated heterocycles. The van der Waals surface area contributed by atoms with Crippen molar-refractivity contribution in [2.24, 2.45) is 0 Å². The summed E-state index contributed by atoms with van der Waals surface area (Å²) in [5.41, 5.74) is 1.45. The van der Waals surface area contributed by atoms with E-state index in [1.54, 1.807) is 6.08 Å². The Labute approximate surface area is 127 Å². The molecule has 1 amide bonds. The van der Waals surface area contributed by atoms with Crippen LogP contribution in [0.15, 0.2) is 23.4 Å². The molecule has 1 saturated carbocycles. The summed E-state index contributed by atoms with van der Waals surface area (Å²) in [5, 5.41) is 12.2. The second kappa shape index (κ2) is 7.87. The Kier molecular flexibility index (Phi) is 5.86. The summed E-state index contributed by atoms with van der Waals surface area (Å²) in [7, 11) is 0. The Morgan fingerprint density at radius 2 is 2.14 bits per heavy atom. The Morgan fingerprint density at radius 3 is 2.81 bits per heavy atom. The highest BCUT2D eigenvalue weighted by molar-refractivity contribution is 5.97. The highest BCUT2D eigenvalue weighted by Crippen LogP contribution is 2.21. The van der Waals surface area contributed by atoms with E-state index in [9.17, 15) is 10.1 Å². The van der Waals surface area contributed by atoms with Gasteiger partial charge in [-0.1, -0.05) is 19.3 Å². The summed E-state index contributed by atoms with van der Waals surface area (Å²) in [6.45, 7) is 4.19. The van der Waals surface area contributed by atoms with Crippen LogP contribution in [0.5, 0.6) is 0 Å². The molecular weight excluding hydrogens is 262 g/mol. The Morgan fingerprint density at radius 1 is 1.38 bits per heavy atom. The monoisotopic (exact) mass is 287 g/mol. The fourth-order valence-corrected chi connectivity index (χ4v) is 3.16. The number of hydrogen-bond acceptors (Lipinski definition) is 3. The Hall–Kier alpha value is -1.76. The number of allylic oxidation sites excluding steroid dienone is 3. The molecule has 1 heterocycles. The van der Waals surface area contributed by atoms with Gasteiger partial charge in [-0.2, -0.15) is 5.26 Å². The summed E-state index contributed by atoms with van der Waals surface area (Å²) in [6, 6.07) is 2.28. The number of nitrogens with one attached hydrogen (secondary N) is 1. The highest BCUT2D eigenvalue weighted by Gasteiger charge is 2.18. The van der Waals surface area contributed by atoms with Gasteiger partial charge in [0.2, 0.25) is 0 Å². The van der Waals surface area contributed by atoms with Crippen LogP contribution in [0.1, 0.15) is 51.9 Å². The van der Waals surface area contributed by atoms with Gasteiger partial charge in [-0.25, -0.2) is 0 Å². The predicted molar refractivity (Wildman–Crippen MR) is 83.3 cm³/mol. The molecule has 0 aromatic rings. The second-order valence-corrected chi connectivity index (χ2v) is 5.84. The standard InChI is InChI=1S/C17H25N3O/c1-2-20-12-6-9-16(20)11-10-14(13-18)17(21)19-15-7-4-3-5-8-15/h10-11,15H,2-9,12H2,1H3,(H,19,21). The van der Waals surface area contributed by atoms with E-state index in [4.69, 9.17) is 0 Å². The number of hydrogen-bond donors (Lipinski definition) is 1. The third-order valence-electron chi connectivity index (χ3n) is 4.40. The molecule has 0 aromatic carbocycles. The molecule has 0 unspecified atom stereocenters. The zero-order valence-corrected chi connectivity index (χ0v) is 12.9. The van der Waals surface area contributed by atoms with E-state index < -0.39 is 0 Å². The molecule has 0 bridgehead atoms. The first kappa shape index (κ1) is 15.6. The van der Waals surface area contributed by atoms with E-state index in [0.717, 1.165) is 38.8 Å². The fourth-order valence-electron chi connectivity index (χ4n) is 3.16. The minimum atomic E-state index is -0.220. The lowest BCUT2D eigenvalue weighted by atomic mass is 9.95. The normalized spacial score (nSPS) is 22.4. The van der Waals surface area contributed by atoms with Gasteiger partial charge >= 0.3 is 0 Å². The van der Waals surface area contributed by atoms with Gasteiger partial charge in [0.05, 0.1) is 0 Å². The molecule has 114 valence electrons. The van der Waals surface area contributed by atoms with Crippen LogP contribution in [0.3, 0.4) is 0 Å². The molecule has 0 radical (unpaired) electrons. The minimum absolute atomic E-state index is 0.219. The molecule has 2 fully saturated rings. The van der Waals surface area contributed by atoms with E-state index in [1.807, 2.05) is 12.1 Å². The fraction of sp³-hybridized carbons (Fsp3) is 0.647. The first-order valence-electron chi connectivity index (χ1n) is 8.11. The van der Waals surface area contributed by atoms with Crippen LogP contribution in [0.25, 0.3) is 0 Å². The van der Waals surface area contributed by atoms with Crippen molar-refractivity contribution in [1.29, 1.82) is 5.26 Å². The van der Waals surface area contributed by atoms with Crippen LogP contribution in [0.2, 0.25) is 0 Å². The maximum absolute atomic E-state index is 12.2. The molecular formula is C17H25N3O. The number of likely N-dealkylation sites (tertiary alicyclic amines) is 1. The number of nitrogens with zero attached hydrogens (tertiary/aromatic N) is 2. The van der Waals surface area contributed by atoms with Gasteiger partial charge in [-0.3, -0.25) is 4.79 Å². The number of amides is 1. The number of nitriles is 1. The van der Waals surface area contributed by atoms with Gasteiger partial charge in [-0.15, -0.1) is 0 Å². The second-order valence-electron chi connectivity index (χ2n) is 5.84. The molecule has 0 aromatic heterocycles. The lowest BCUT2D eigenvalue weighted by molar-refractivity contribution is -0.118. The van der Waals surface area contributed by atoms with Gasteiger partial charge in [0.15, 0.2) is 0 Å². The summed E-state index contributed by atoms with van der Waals surface area (Å²) >= 11 is 0. The van der Waals surface area contributed by atoms with E-state index in [1.165, 1.54) is 25.0 Å². The van der Waals surface area contributed by atoms with Crippen LogP contribution < -0.4 is 5.32 Å². The average molecular weight is 287 g/mol. The van der Waals surface area contributed by atoms with Crippen LogP contribution in [0.4, 0.5) is 0 Å². The first-order valence-corrected chi connectivity index (χ1v) is 8.11. The number of carbonyl (C=O) groups excluding carboxylic acids is 1. The van der Waals surface area contributed by atoms with Crippen LogP contribution in [-0.4, -0.2) is 29.9 Å². The van der Waals surface area contributed by atoms with Gasteiger partial charge in [0.1, 0.15) is 11.6 Å². The van der Waals surface area contributed by atoms with Crippen molar-refractivity contribution >= 4 is 5.91 Å². The maximum Gasteiger partial charge on any atom is 0.262 e. The predicted octanol–water partition coefficient (Wildman–Crippen LogP) is 2.88. The molecule has 21 heavy (non-hydrogen) atoms. The van der Waals surface area contributed by atoms with E-state index in [-0.39, 0.29) is 17.5 Å². The molecule has 4 nitrogen and oxygen atoms in total. The van der Waals surface area contributed by atoms with Crippen LogP contribution in [-0.2, 0) is 4.79 Å². The molecule has 1 aliphatic heterocycles. The van der Waals surface area contributed by atoms with Crippen molar-refractivity contribution in [3.63, 3.8) is 0 Å². The summed E-state index contributed by atoms with van der Waals surface area (Å²) in [4.78, 5) is 14.4. The van der Waals surface area contributed by atoms with Crippen molar-refractivity contribution in [1.82, 2.24) is 10.2 Å². The molecule has 0 spiro atoms. The lowest BCUT2D eigenvalue weighted by Gasteiger charge is -2.22. The smallest absolute Gasteiger partial charge is 0.262 e. The summed E-state index contributed by atoms with van der Waals surface area (Å²) in [6.07, 6.45) is 11.5. The zero-order chi connectivity index (χ0) is 15.1. The lowest BCUT2D eigenvalue weighted by Crippen LogP contribution is -2.36. The van der Waals surface area contributed by atoms with Crippen molar-refractivity contribution in [2.45, 2.75) is 57.9 Å². The van der Waals surface area contributed by atoms with E-state index in [0.29, 0.717) is 0 Å². The van der Waals surface area contributed by atoms with Gasteiger partial charge in [-0.05, 0) is 44.8 Å². The first-order chi connectivity index (χ1) is 10.2. The van der Waals surface area contributed by atoms with Gasteiger partial charge in [0, 0.05) is 24.8 Å².